The van der Waals surface area contributed by atoms with Crippen LogP contribution in [0.25, 0.3) is 0 Å². The summed E-state index contributed by atoms with van der Waals surface area (Å²) in [5.74, 6) is 1.64. The number of hydrogen-bond donors (Lipinski definition) is 0. The van der Waals surface area contributed by atoms with Crippen LogP contribution in [0.4, 0.5) is 0 Å². The Morgan fingerprint density at radius 1 is 1.33 bits per heavy atom. The van der Waals surface area contributed by atoms with Gasteiger partial charge in [0, 0.05) is 21.6 Å². The molecule has 0 spiro atoms. The molecule has 0 N–H and O–H groups in total. The van der Waals surface area contributed by atoms with Gasteiger partial charge in [0.2, 0.25) is 0 Å². The third kappa shape index (κ3) is 2.87. The first-order valence-corrected chi connectivity index (χ1v) is 7.11. The van der Waals surface area contributed by atoms with Crippen molar-refractivity contribution >= 4 is 11.6 Å². The first-order chi connectivity index (χ1) is 9.95. The van der Waals surface area contributed by atoms with Gasteiger partial charge < -0.3 is 9.47 Å². The molecule has 2 heterocycles. The summed E-state index contributed by atoms with van der Waals surface area (Å²) in [7, 11) is 0. The summed E-state index contributed by atoms with van der Waals surface area (Å²) in [4.78, 5) is 0. The van der Waals surface area contributed by atoms with Crippen LogP contribution >= 0.6 is 11.6 Å². The van der Waals surface area contributed by atoms with Gasteiger partial charge in [-0.1, -0.05) is 32.4 Å². The molecule has 2 aromatic rings. The van der Waals surface area contributed by atoms with Crippen LogP contribution < -0.4 is 4.74 Å². The maximum absolute atomic E-state index is 6.18. The molecule has 1 aliphatic rings. The fourth-order valence-corrected chi connectivity index (χ4v) is 2.65. The number of nitrogens with zero attached hydrogens (tertiary/aromatic N) is 4. The van der Waals surface area contributed by atoms with Crippen molar-refractivity contribution in [2.75, 3.05) is 6.79 Å². The molecule has 0 atom stereocenters. The lowest BCUT2D eigenvalue weighted by Crippen LogP contribution is -2.21. The minimum atomic E-state index is -0.133. The van der Waals surface area contributed by atoms with Crippen LogP contribution in [0.5, 0.6) is 5.75 Å². The van der Waals surface area contributed by atoms with E-state index in [2.05, 4.69) is 36.3 Å². The van der Waals surface area contributed by atoms with E-state index in [-0.39, 0.29) is 12.2 Å². The summed E-state index contributed by atoms with van der Waals surface area (Å²) in [6.07, 6.45) is 0. The van der Waals surface area contributed by atoms with Crippen molar-refractivity contribution < 1.29 is 9.47 Å². The van der Waals surface area contributed by atoms with Crippen LogP contribution in [-0.4, -0.2) is 27.0 Å². The van der Waals surface area contributed by atoms with Crippen molar-refractivity contribution in [2.24, 2.45) is 0 Å². The van der Waals surface area contributed by atoms with E-state index in [0.29, 0.717) is 18.2 Å². The van der Waals surface area contributed by atoms with Crippen molar-refractivity contribution in [3.63, 3.8) is 0 Å². The highest BCUT2D eigenvalue weighted by Crippen LogP contribution is 2.32. The second-order valence-electron chi connectivity index (χ2n) is 6.07. The third-order valence-corrected chi connectivity index (χ3v) is 3.49. The normalized spacial score (nSPS) is 14.7. The Hall–Kier alpha value is -1.66. The van der Waals surface area contributed by atoms with Gasteiger partial charge in [-0.3, -0.25) is 0 Å². The summed E-state index contributed by atoms with van der Waals surface area (Å²) in [5, 5.41) is 12.6. The molecule has 6 nitrogen and oxygen atoms in total. The lowest BCUT2D eigenvalue weighted by molar-refractivity contribution is -0.0171. The molecule has 0 aliphatic carbocycles. The van der Waals surface area contributed by atoms with Crippen LogP contribution in [-0.2, 0) is 23.3 Å². The van der Waals surface area contributed by atoms with E-state index in [4.69, 9.17) is 21.1 Å². The molecule has 3 rings (SSSR count). The van der Waals surface area contributed by atoms with Crippen molar-refractivity contribution in [1.82, 2.24) is 20.2 Å². The standard InChI is InChI=1S/C14H17ClN4O2/c1-14(2,3)13-16-17-18-19(13)6-9-4-11(15)5-10-7-20-8-21-12(9)10/h4-5H,6-8H2,1-3H3. The van der Waals surface area contributed by atoms with Gasteiger partial charge in [0.05, 0.1) is 13.2 Å². The van der Waals surface area contributed by atoms with Crippen LogP contribution in [0, 0.1) is 0 Å². The van der Waals surface area contributed by atoms with Gasteiger partial charge in [-0.25, -0.2) is 4.68 Å². The molecule has 1 aliphatic heterocycles. The van der Waals surface area contributed by atoms with Gasteiger partial charge in [-0.2, -0.15) is 0 Å². The largest absolute Gasteiger partial charge is 0.467 e. The number of aromatic nitrogens is 4. The maximum atomic E-state index is 6.18. The smallest absolute Gasteiger partial charge is 0.189 e. The van der Waals surface area contributed by atoms with Gasteiger partial charge in [0.25, 0.3) is 0 Å². The Kier molecular flexibility index (Phi) is 3.59. The molecular formula is C14H17ClN4O2. The average molecular weight is 309 g/mol. The molecule has 0 fully saturated rings. The summed E-state index contributed by atoms with van der Waals surface area (Å²) >= 11 is 6.18. The number of tetrazole rings is 1. The Bertz CT molecular complexity index is 663. The predicted molar refractivity (Wildman–Crippen MR) is 77.4 cm³/mol. The first kappa shape index (κ1) is 14.3. The number of benzene rings is 1. The number of halogens is 1. The number of fused-ring (bicyclic) bond motifs is 1. The second-order valence-corrected chi connectivity index (χ2v) is 6.51. The second kappa shape index (κ2) is 5.27. The third-order valence-electron chi connectivity index (χ3n) is 3.27. The van der Waals surface area contributed by atoms with Crippen LogP contribution in [0.2, 0.25) is 5.02 Å². The van der Waals surface area contributed by atoms with Crippen molar-refractivity contribution in [2.45, 2.75) is 39.3 Å². The maximum Gasteiger partial charge on any atom is 0.189 e. The number of hydrogen-bond acceptors (Lipinski definition) is 5. The predicted octanol–water partition coefficient (Wildman–Crippen LogP) is 2.54. The number of rotatable bonds is 2. The van der Waals surface area contributed by atoms with Crippen LogP contribution in [0.15, 0.2) is 12.1 Å². The lowest BCUT2D eigenvalue weighted by atomic mass is 9.95. The van der Waals surface area contributed by atoms with E-state index in [9.17, 15) is 0 Å². The molecule has 21 heavy (non-hydrogen) atoms. The molecule has 0 saturated heterocycles. The Labute approximate surface area is 128 Å². The van der Waals surface area contributed by atoms with Gasteiger partial charge in [0.15, 0.2) is 12.6 Å². The first-order valence-electron chi connectivity index (χ1n) is 6.73. The van der Waals surface area contributed by atoms with Gasteiger partial charge >= 0.3 is 0 Å². The van der Waals surface area contributed by atoms with Gasteiger partial charge in [-0.15, -0.1) is 5.10 Å². The summed E-state index contributed by atoms with van der Waals surface area (Å²) in [6, 6.07) is 3.75. The fraction of sp³-hybridized carbons (Fsp3) is 0.500. The van der Waals surface area contributed by atoms with Gasteiger partial charge in [0.1, 0.15) is 5.75 Å². The van der Waals surface area contributed by atoms with E-state index in [1.54, 1.807) is 4.68 Å². The highest BCUT2D eigenvalue weighted by atomic mass is 35.5. The zero-order valence-corrected chi connectivity index (χ0v) is 13.0. The van der Waals surface area contributed by atoms with Crippen molar-refractivity contribution in [3.8, 4) is 5.75 Å². The zero-order chi connectivity index (χ0) is 15.0. The summed E-state index contributed by atoms with van der Waals surface area (Å²) < 4.78 is 12.7. The SMILES string of the molecule is CC(C)(C)c1nnnn1Cc1cc(Cl)cc2c1OCOC2. The van der Waals surface area contributed by atoms with Crippen LogP contribution in [0.1, 0.15) is 37.7 Å². The minimum absolute atomic E-state index is 0.133. The Balaban J connectivity index is 1.99. The fourth-order valence-electron chi connectivity index (χ4n) is 2.38. The van der Waals surface area contributed by atoms with Gasteiger partial charge in [-0.05, 0) is 22.6 Å². The summed E-state index contributed by atoms with van der Waals surface area (Å²) in [5.41, 5.74) is 1.78. The molecule has 1 aromatic heterocycles. The summed E-state index contributed by atoms with van der Waals surface area (Å²) in [6.45, 7) is 7.50. The topological polar surface area (TPSA) is 62.1 Å². The molecule has 0 radical (unpaired) electrons. The zero-order valence-electron chi connectivity index (χ0n) is 12.3. The highest BCUT2D eigenvalue weighted by molar-refractivity contribution is 6.30. The Morgan fingerprint density at radius 3 is 2.90 bits per heavy atom. The number of ether oxygens (including phenoxy) is 2. The van der Waals surface area contributed by atoms with Crippen molar-refractivity contribution in [3.05, 3.63) is 34.1 Å². The molecule has 0 unspecified atom stereocenters. The van der Waals surface area contributed by atoms with E-state index in [1.165, 1.54) is 0 Å². The molecule has 0 saturated carbocycles. The van der Waals surface area contributed by atoms with E-state index < -0.39 is 0 Å². The average Bonchev–Trinajstić information content (AvgIpc) is 2.86. The minimum Gasteiger partial charge on any atom is -0.467 e. The van der Waals surface area contributed by atoms with Crippen molar-refractivity contribution in [1.29, 1.82) is 0 Å². The molecule has 1 aromatic carbocycles. The highest BCUT2D eigenvalue weighted by Gasteiger charge is 2.24. The molecule has 0 amide bonds. The molecule has 112 valence electrons. The molecule has 0 bridgehead atoms. The lowest BCUT2D eigenvalue weighted by Gasteiger charge is -2.22. The van der Waals surface area contributed by atoms with Crippen LogP contribution in [0.3, 0.4) is 0 Å². The van der Waals surface area contributed by atoms with E-state index in [1.807, 2.05) is 12.1 Å². The molecular weight excluding hydrogens is 292 g/mol. The van der Waals surface area contributed by atoms with E-state index >= 15 is 0 Å². The quantitative estimate of drug-likeness (QED) is 0.853. The Morgan fingerprint density at radius 2 is 2.14 bits per heavy atom. The molecule has 7 heteroatoms. The monoisotopic (exact) mass is 308 g/mol. The van der Waals surface area contributed by atoms with E-state index in [0.717, 1.165) is 22.7 Å².